The van der Waals surface area contributed by atoms with Crippen molar-refractivity contribution in [1.82, 2.24) is 0 Å². The van der Waals surface area contributed by atoms with Gasteiger partial charge in [-0.05, 0) is 24.6 Å². The number of carboxylic acid groups (broad SMARTS) is 1. The van der Waals surface area contributed by atoms with E-state index < -0.39 is 10.9 Å². The Morgan fingerprint density at radius 1 is 1.29 bits per heavy atom. The first-order chi connectivity index (χ1) is 9.90. The van der Waals surface area contributed by atoms with Crippen molar-refractivity contribution in [3.63, 3.8) is 0 Å². The van der Waals surface area contributed by atoms with Gasteiger partial charge >= 0.3 is 5.97 Å². The van der Waals surface area contributed by atoms with Crippen LogP contribution in [-0.2, 0) is 0 Å². The van der Waals surface area contributed by atoms with Gasteiger partial charge in [0.15, 0.2) is 0 Å². The van der Waals surface area contributed by atoms with Gasteiger partial charge in [-0.3, -0.25) is 10.1 Å². The largest absolute Gasteiger partial charge is 0.478 e. The Balaban J connectivity index is 2.42. The van der Waals surface area contributed by atoms with Gasteiger partial charge < -0.3 is 16.2 Å². The number of non-ortho nitro benzene ring substituents is 1. The Hall–Kier alpha value is -3.09. The molecular weight excluding hydrogens is 274 g/mol. The molecular formula is C14H13N3O4. The van der Waals surface area contributed by atoms with Crippen molar-refractivity contribution in [3.8, 4) is 0 Å². The highest BCUT2D eigenvalue weighted by atomic mass is 16.6. The highest BCUT2D eigenvalue weighted by molar-refractivity contribution is 5.97. The van der Waals surface area contributed by atoms with Crippen LogP contribution in [0.2, 0.25) is 0 Å². The lowest BCUT2D eigenvalue weighted by atomic mass is 10.1. The van der Waals surface area contributed by atoms with Crippen molar-refractivity contribution in [3.05, 3.63) is 57.6 Å². The summed E-state index contributed by atoms with van der Waals surface area (Å²) in [7, 11) is 0. The molecule has 0 saturated heterocycles. The molecule has 0 saturated carbocycles. The summed E-state index contributed by atoms with van der Waals surface area (Å²) in [6.45, 7) is 1.69. The lowest BCUT2D eigenvalue weighted by molar-refractivity contribution is -0.384. The monoisotopic (exact) mass is 287 g/mol. The lowest BCUT2D eigenvalue weighted by Gasteiger charge is -2.13. The third-order valence-electron chi connectivity index (χ3n) is 3.00. The van der Waals surface area contributed by atoms with Crippen molar-refractivity contribution in [2.24, 2.45) is 0 Å². The molecule has 0 unspecified atom stereocenters. The van der Waals surface area contributed by atoms with E-state index in [1.807, 2.05) is 0 Å². The molecule has 108 valence electrons. The van der Waals surface area contributed by atoms with Crippen molar-refractivity contribution in [1.29, 1.82) is 0 Å². The van der Waals surface area contributed by atoms with Crippen LogP contribution in [0.1, 0.15) is 15.9 Å². The maximum Gasteiger partial charge on any atom is 0.338 e. The number of nitrogen functional groups attached to an aromatic ring is 1. The minimum Gasteiger partial charge on any atom is -0.478 e. The molecule has 2 rings (SSSR count). The number of nitrogens with zero attached hydrogens (tertiary/aromatic N) is 1. The molecule has 0 fully saturated rings. The Bertz CT molecular complexity index is 728. The fraction of sp³-hybridized carbons (Fsp3) is 0.0714. The normalized spacial score (nSPS) is 10.1. The number of nitrogens with one attached hydrogen (secondary N) is 1. The van der Waals surface area contributed by atoms with Crippen LogP contribution in [0.25, 0.3) is 0 Å². The van der Waals surface area contributed by atoms with Gasteiger partial charge in [0.1, 0.15) is 0 Å². The quantitative estimate of drug-likeness (QED) is 0.452. The number of nitrogens with two attached hydrogens (primary N) is 1. The Morgan fingerprint density at radius 2 is 2.00 bits per heavy atom. The van der Waals surface area contributed by atoms with Crippen LogP contribution in [0, 0.1) is 17.0 Å². The van der Waals surface area contributed by atoms with E-state index in [9.17, 15) is 20.0 Å². The zero-order valence-corrected chi connectivity index (χ0v) is 11.2. The first-order valence-corrected chi connectivity index (χ1v) is 6.04. The summed E-state index contributed by atoms with van der Waals surface area (Å²) < 4.78 is 0. The minimum atomic E-state index is -1.06. The van der Waals surface area contributed by atoms with E-state index in [0.717, 1.165) is 0 Å². The van der Waals surface area contributed by atoms with Gasteiger partial charge in [0.25, 0.3) is 5.69 Å². The molecule has 0 aliphatic rings. The molecule has 7 nitrogen and oxygen atoms in total. The van der Waals surface area contributed by atoms with E-state index in [-0.39, 0.29) is 16.9 Å². The number of aromatic carboxylic acids is 1. The molecule has 0 spiro atoms. The highest BCUT2D eigenvalue weighted by Crippen LogP contribution is 2.29. The number of rotatable bonds is 4. The fourth-order valence-electron chi connectivity index (χ4n) is 1.98. The molecule has 0 aliphatic heterocycles. The molecule has 2 aromatic rings. The zero-order chi connectivity index (χ0) is 15.6. The summed E-state index contributed by atoms with van der Waals surface area (Å²) in [4.78, 5) is 21.4. The fourth-order valence-corrected chi connectivity index (χ4v) is 1.98. The summed E-state index contributed by atoms with van der Waals surface area (Å²) >= 11 is 0. The number of carboxylic acids is 1. The van der Waals surface area contributed by atoms with Crippen LogP contribution in [-0.4, -0.2) is 16.0 Å². The second-order valence-corrected chi connectivity index (χ2v) is 4.46. The zero-order valence-electron chi connectivity index (χ0n) is 11.2. The van der Waals surface area contributed by atoms with Gasteiger partial charge in [-0.25, -0.2) is 4.79 Å². The topological polar surface area (TPSA) is 118 Å². The van der Waals surface area contributed by atoms with Crippen LogP contribution >= 0.6 is 0 Å². The van der Waals surface area contributed by atoms with Crippen molar-refractivity contribution >= 4 is 28.7 Å². The second-order valence-electron chi connectivity index (χ2n) is 4.46. The third kappa shape index (κ3) is 2.92. The van der Waals surface area contributed by atoms with E-state index in [1.165, 1.54) is 18.2 Å². The maximum absolute atomic E-state index is 11.3. The SMILES string of the molecule is Cc1cccc(Nc2ccc([N+](=O)[O-])cc2N)c1C(=O)O. The summed E-state index contributed by atoms with van der Waals surface area (Å²) in [6.07, 6.45) is 0. The average molecular weight is 287 g/mol. The summed E-state index contributed by atoms with van der Waals surface area (Å²) in [5.74, 6) is -1.06. The summed E-state index contributed by atoms with van der Waals surface area (Å²) in [6, 6.07) is 8.98. The molecule has 2 aromatic carbocycles. The standard InChI is InChI=1S/C14H13N3O4/c1-8-3-2-4-12(13(8)14(18)19)16-11-6-5-9(17(20)21)7-10(11)15/h2-7,16H,15H2,1H3,(H,18,19). The lowest BCUT2D eigenvalue weighted by Crippen LogP contribution is -2.06. The summed E-state index contributed by atoms with van der Waals surface area (Å²) in [5.41, 5.74) is 7.33. The number of aryl methyl sites for hydroxylation is 1. The smallest absolute Gasteiger partial charge is 0.338 e. The number of hydrogen-bond donors (Lipinski definition) is 3. The molecule has 21 heavy (non-hydrogen) atoms. The van der Waals surface area contributed by atoms with Crippen LogP contribution in [0.3, 0.4) is 0 Å². The molecule has 7 heteroatoms. The number of nitro benzene ring substituents is 1. The van der Waals surface area contributed by atoms with Gasteiger partial charge in [0, 0.05) is 12.1 Å². The number of benzene rings is 2. The molecule has 4 N–H and O–H groups in total. The van der Waals surface area contributed by atoms with Crippen molar-refractivity contribution in [2.45, 2.75) is 6.92 Å². The van der Waals surface area contributed by atoms with E-state index in [2.05, 4.69) is 5.32 Å². The van der Waals surface area contributed by atoms with E-state index in [0.29, 0.717) is 16.9 Å². The first-order valence-electron chi connectivity index (χ1n) is 6.04. The molecule has 0 amide bonds. The van der Waals surface area contributed by atoms with Crippen molar-refractivity contribution in [2.75, 3.05) is 11.1 Å². The van der Waals surface area contributed by atoms with Gasteiger partial charge in [-0.2, -0.15) is 0 Å². The van der Waals surface area contributed by atoms with Gasteiger partial charge in [-0.15, -0.1) is 0 Å². The molecule has 0 aliphatic carbocycles. The molecule has 0 atom stereocenters. The average Bonchev–Trinajstić information content (AvgIpc) is 2.40. The van der Waals surface area contributed by atoms with Gasteiger partial charge in [0.05, 0.1) is 27.5 Å². The predicted molar refractivity (Wildman–Crippen MR) is 78.9 cm³/mol. The number of nitro groups is 1. The molecule has 0 heterocycles. The Morgan fingerprint density at radius 3 is 2.57 bits per heavy atom. The Kier molecular flexibility index (Phi) is 3.75. The molecule has 0 aromatic heterocycles. The second kappa shape index (κ2) is 5.49. The van der Waals surface area contributed by atoms with Crippen LogP contribution in [0.15, 0.2) is 36.4 Å². The van der Waals surface area contributed by atoms with Gasteiger partial charge in [-0.1, -0.05) is 12.1 Å². The van der Waals surface area contributed by atoms with Crippen LogP contribution < -0.4 is 11.1 Å². The minimum absolute atomic E-state index is 0.124. The number of carbonyl (C=O) groups is 1. The van der Waals surface area contributed by atoms with Crippen LogP contribution in [0.4, 0.5) is 22.7 Å². The third-order valence-corrected chi connectivity index (χ3v) is 3.00. The van der Waals surface area contributed by atoms with Crippen molar-refractivity contribution < 1.29 is 14.8 Å². The number of anilines is 3. The van der Waals surface area contributed by atoms with E-state index >= 15 is 0 Å². The molecule has 0 radical (unpaired) electrons. The van der Waals surface area contributed by atoms with Crippen LogP contribution in [0.5, 0.6) is 0 Å². The van der Waals surface area contributed by atoms with E-state index in [4.69, 9.17) is 5.73 Å². The highest BCUT2D eigenvalue weighted by Gasteiger charge is 2.15. The summed E-state index contributed by atoms with van der Waals surface area (Å²) in [5, 5.41) is 22.8. The Labute approximate surface area is 120 Å². The maximum atomic E-state index is 11.3. The predicted octanol–water partition coefficient (Wildman–Crippen LogP) is 2.93. The first kappa shape index (κ1) is 14.3. The van der Waals surface area contributed by atoms with E-state index in [1.54, 1.807) is 25.1 Å². The molecule has 0 bridgehead atoms. The van der Waals surface area contributed by atoms with Gasteiger partial charge in [0.2, 0.25) is 0 Å². The number of hydrogen-bond acceptors (Lipinski definition) is 5.